The fourth-order valence-electron chi connectivity index (χ4n) is 1.68. The lowest BCUT2D eigenvalue weighted by atomic mass is 9.82. The highest BCUT2D eigenvalue weighted by Crippen LogP contribution is 2.36. The van der Waals surface area contributed by atoms with Gasteiger partial charge in [0.25, 0.3) is 0 Å². The number of aliphatic hydroxyl groups excluding tert-OH is 1. The van der Waals surface area contributed by atoms with Crippen LogP contribution in [-0.4, -0.2) is 11.2 Å². The van der Waals surface area contributed by atoms with Gasteiger partial charge in [-0.1, -0.05) is 32.4 Å². The highest BCUT2D eigenvalue weighted by Gasteiger charge is 2.34. The molecule has 0 aliphatic heterocycles. The van der Waals surface area contributed by atoms with E-state index < -0.39 is 29.3 Å². The van der Waals surface area contributed by atoms with Crippen LogP contribution in [0.3, 0.4) is 0 Å². The van der Waals surface area contributed by atoms with Gasteiger partial charge in [-0.25, -0.2) is 0 Å². The van der Waals surface area contributed by atoms with Crippen LogP contribution in [0.25, 0.3) is 0 Å². The SMILES string of the molecule is CC(C)(C)[C@@H](O)[C@@H](N)c1cc(C(F)(F)F)ccc1Cl.Cl. The van der Waals surface area contributed by atoms with E-state index in [1.165, 1.54) is 0 Å². The van der Waals surface area contributed by atoms with E-state index in [1.54, 1.807) is 20.8 Å². The van der Waals surface area contributed by atoms with Crippen LogP contribution in [-0.2, 0) is 6.18 Å². The molecule has 0 amide bonds. The van der Waals surface area contributed by atoms with Gasteiger partial charge < -0.3 is 10.8 Å². The van der Waals surface area contributed by atoms with E-state index in [-0.39, 0.29) is 23.0 Å². The van der Waals surface area contributed by atoms with E-state index in [1.807, 2.05) is 0 Å². The second-order valence-corrected chi connectivity index (χ2v) is 5.98. The quantitative estimate of drug-likeness (QED) is 0.853. The van der Waals surface area contributed by atoms with E-state index >= 15 is 0 Å². The zero-order valence-electron chi connectivity index (χ0n) is 11.3. The van der Waals surface area contributed by atoms with Crippen LogP contribution in [0.1, 0.15) is 37.9 Å². The topological polar surface area (TPSA) is 46.2 Å². The van der Waals surface area contributed by atoms with Crippen molar-refractivity contribution in [1.29, 1.82) is 0 Å². The molecule has 0 bridgehead atoms. The predicted octanol–water partition coefficient (Wildman–Crippen LogP) is 4.19. The van der Waals surface area contributed by atoms with Gasteiger partial charge in [0, 0.05) is 5.02 Å². The number of hydrogen-bond donors (Lipinski definition) is 2. The fourth-order valence-corrected chi connectivity index (χ4v) is 1.93. The molecule has 116 valence electrons. The summed E-state index contributed by atoms with van der Waals surface area (Å²) < 4.78 is 38.0. The zero-order chi connectivity index (χ0) is 15.0. The van der Waals surface area contributed by atoms with Crippen LogP contribution in [0.4, 0.5) is 13.2 Å². The minimum Gasteiger partial charge on any atom is -0.391 e. The van der Waals surface area contributed by atoms with Crippen LogP contribution in [0.15, 0.2) is 18.2 Å². The van der Waals surface area contributed by atoms with Crippen molar-refractivity contribution in [2.24, 2.45) is 11.1 Å². The molecular weight excluding hydrogens is 314 g/mol. The summed E-state index contributed by atoms with van der Waals surface area (Å²) in [5.74, 6) is 0. The maximum atomic E-state index is 12.7. The zero-order valence-corrected chi connectivity index (χ0v) is 12.9. The molecule has 1 aromatic carbocycles. The van der Waals surface area contributed by atoms with Crippen molar-refractivity contribution in [1.82, 2.24) is 0 Å². The fraction of sp³-hybridized carbons (Fsp3) is 0.538. The summed E-state index contributed by atoms with van der Waals surface area (Å²) >= 11 is 5.88. The van der Waals surface area contributed by atoms with Gasteiger partial charge in [0.15, 0.2) is 0 Å². The number of benzene rings is 1. The molecule has 1 aromatic rings. The van der Waals surface area contributed by atoms with Gasteiger partial charge in [-0.15, -0.1) is 12.4 Å². The van der Waals surface area contributed by atoms with E-state index in [4.69, 9.17) is 17.3 Å². The first-order valence-electron chi connectivity index (χ1n) is 5.75. The molecule has 0 aliphatic carbocycles. The monoisotopic (exact) mass is 331 g/mol. The smallest absolute Gasteiger partial charge is 0.391 e. The molecule has 0 fully saturated rings. The molecule has 1 rings (SSSR count). The highest BCUT2D eigenvalue weighted by molar-refractivity contribution is 6.31. The largest absolute Gasteiger partial charge is 0.416 e. The molecule has 0 saturated carbocycles. The standard InChI is InChI=1S/C13H17ClF3NO.ClH/c1-12(2,3)11(19)10(18)8-6-7(13(15,16)17)4-5-9(8)14;/h4-6,10-11,19H,18H2,1-3H3;1H/t10-,11-;/m0./s1. The second kappa shape index (κ2) is 6.52. The Morgan fingerprint density at radius 2 is 1.70 bits per heavy atom. The Morgan fingerprint density at radius 1 is 1.20 bits per heavy atom. The van der Waals surface area contributed by atoms with Gasteiger partial charge in [0.2, 0.25) is 0 Å². The van der Waals surface area contributed by atoms with Crippen molar-refractivity contribution in [3.63, 3.8) is 0 Å². The van der Waals surface area contributed by atoms with Crippen molar-refractivity contribution in [3.8, 4) is 0 Å². The van der Waals surface area contributed by atoms with Crippen LogP contribution in [0.5, 0.6) is 0 Å². The minimum absolute atomic E-state index is 0. The Balaban J connectivity index is 0.00000361. The summed E-state index contributed by atoms with van der Waals surface area (Å²) in [6.45, 7) is 5.25. The normalized spacial score (nSPS) is 15.4. The molecule has 0 aromatic heterocycles. The molecular formula is C13H18Cl2F3NO. The van der Waals surface area contributed by atoms with Crippen molar-refractivity contribution in [2.75, 3.05) is 0 Å². The second-order valence-electron chi connectivity index (χ2n) is 5.57. The average Bonchev–Trinajstić information content (AvgIpc) is 2.25. The van der Waals surface area contributed by atoms with Gasteiger partial charge in [0.1, 0.15) is 0 Å². The Hall–Kier alpha value is -0.490. The summed E-state index contributed by atoms with van der Waals surface area (Å²) in [4.78, 5) is 0. The van der Waals surface area contributed by atoms with Gasteiger partial charge in [-0.2, -0.15) is 13.2 Å². The summed E-state index contributed by atoms with van der Waals surface area (Å²) in [5, 5.41) is 10.2. The summed E-state index contributed by atoms with van der Waals surface area (Å²) in [6, 6.07) is 1.95. The maximum Gasteiger partial charge on any atom is 0.416 e. The maximum absolute atomic E-state index is 12.7. The van der Waals surface area contributed by atoms with E-state index in [2.05, 4.69) is 0 Å². The van der Waals surface area contributed by atoms with Crippen LogP contribution < -0.4 is 5.73 Å². The van der Waals surface area contributed by atoms with E-state index in [9.17, 15) is 18.3 Å². The lowest BCUT2D eigenvalue weighted by Gasteiger charge is -2.31. The third-order valence-corrected chi connectivity index (χ3v) is 3.25. The molecule has 0 saturated heterocycles. The Labute approximate surface area is 127 Å². The molecule has 7 heteroatoms. The average molecular weight is 332 g/mol. The summed E-state index contributed by atoms with van der Waals surface area (Å²) in [5.41, 5.74) is 4.54. The van der Waals surface area contributed by atoms with Crippen molar-refractivity contribution in [3.05, 3.63) is 34.3 Å². The molecule has 20 heavy (non-hydrogen) atoms. The van der Waals surface area contributed by atoms with Gasteiger partial charge >= 0.3 is 6.18 Å². The number of hydrogen-bond acceptors (Lipinski definition) is 2. The molecule has 0 spiro atoms. The van der Waals surface area contributed by atoms with Crippen molar-refractivity contribution < 1.29 is 18.3 Å². The van der Waals surface area contributed by atoms with Gasteiger partial charge in [-0.3, -0.25) is 0 Å². The van der Waals surface area contributed by atoms with Gasteiger partial charge in [0.05, 0.1) is 17.7 Å². The first-order valence-corrected chi connectivity index (χ1v) is 6.12. The molecule has 0 unspecified atom stereocenters. The Morgan fingerprint density at radius 3 is 2.10 bits per heavy atom. The highest BCUT2D eigenvalue weighted by atomic mass is 35.5. The van der Waals surface area contributed by atoms with Crippen LogP contribution in [0.2, 0.25) is 5.02 Å². The first kappa shape index (κ1) is 19.5. The summed E-state index contributed by atoms with van der Waals surface area (Å²) in [7, 11) is 0. The van der Waals surface area contributed by atoms with Crippen LogP contribution in [0, 0.1) is 5.41 Å². The summed E-state index contributed by atoms with van der Waals surface area (Å²) in [6.07, 6.45) is -5.47. The molecule has 0 aliphatic rings. The molecule has 2 atom stereocenters. The molecule has 0 radical (unpaired) electrons. The van der Waals surface area contributed by atoms with Crippen molar-refractivity contribution >= 4 is 24.0 Å². The molecule has 3 N–H and O–H groups in total. The molecule has 0 heterocycles. The lowest BCUT2D eigenvalue weighted by Crippen LogP contribution is -2.37. The number of rotatable bonds is 2. The predicted molar refractivity (Wildman–Crippen MR) is 76.1 cm³/mol. The third-order valence-electron chi connectivity index (χ3n) is 2.91. The number of halogens is 5. The first-order chi connectivity index (χ1) is 8.44. The Bertz CT molecular complexity index is 458. The number of nitrogens with two attached hydrogens (primary N) is 1. The minimum atomic E-state index is -4.47. The number of aliphatic hydroxyl groups is 1. The molecule has 2 nitrogen and oxygen atoms in total. The third kappa shape index (κ3) is 4.52. The Kier molecular flexibility index (Phi) is 6.36. The van der Waals surface area contributed by atoms with Gasteiger partial charge in [-0.05, 0) is 29.2 Å². The van der Waals surface area contributed by atoms with Crippen LogP contribution >= 0.6 is 24.0 Å². The van der Waals surface area contributed by atoms with E-state index in [0.717, 1.165) is 18.2 Å². The number of alkyl halides is 3. The lowest BCUT2D eigenvalue weighted by molar-refractivity contribution is -0.137. The van der Waals surface area contributed by atoms with E-state index in [0.29, 0.717) is 0 Å². The van der Waals surface area contributed by atoms with Crippen molar-refractivity contribution in [2.45, 2.75) is 39.1 Å².